The van der Waals surface area contributed by atoms with Gasteiger partial charge in [0.1, 0.15) is 5.82 Å². The number of aromatic nitrogens is 2. The fourth-order valence-corrected chi connectivity index (χ4v) is 3.66. The molecule has 0 saturated carbocycles. The normalized spacial score (nSPS) is 21.6. The number of hydrogen-bond acceptors (Lipinski definition) is 4. The minimum absolute atomic E-state index is 0.0142. The van der Waals surface area contributed by atoms with E-state index in [1.54, 1.807) is 19.0 Å². The summed E-state index contributed by atoms with van der Waals surface area (Å²) in [6, 6.07) is 8.15. The molecule has 1 amide bonds. The number of nitrogens with zero attached hydrogens (tertiary/aromatic N) is 4. The average molecular weight is 344 g/mol. The summed E-state index contributed by atoms with van der Waals surface area (Å²) in [6.45, 7) is 2.36. The third kappa shape index (κ3) is 4.02. The molecule has 1 aliphatic rings. The Balaban J connectivity index is 1.62. The Hall–Kier alpha value is -1.92. The maximum atomic E-state index is 12.0. The molecule has 1 unspecified atom stereocenters. The van der Waals surface area contributed by atoms with Crippen molar-refractivity contribution in [3.63, 3.8) is 0 Å². The van der Waals surface area contributed by atoms with Crippen molar-refractivity contribution >= 4 is 16.9 Å². The van der Waals surface area contributed by atoms with Gasteiger partial charge >= 0.3 is 0 Å². The first-order valence-electron chi connectivity index (χ1n) is 8.93. The van der Waals surface area contributed by atoms with Crippen molar-refractivity contribution in [2.24, 2.45) is 7.05 Å². The van der Waals surface area contributed by atoms with Crippen LogP contribution in [0.5, 0.6) is 0 Å². The van der Waals surface area contributed by atoms with Gasteiger partial charge in [0.25, 0.3) is 0 Å². The summed E-state index contributed by atoms with van der Waals surface area (Å²) in [5, 5.41) is 10.8. The van der Waals surface area contributed by atoms with Crippen molar-refractivity contribution in [2.45, 2.75) is 31.3 Å². The zero-order chi connectivity index (χ0) is 18.0. The molecule has 1 fully saturated rings. The zero-order valence-electron chi connectivity index (χ0n) is 15.4. The summed E-state index contributed by atoms with van der Waals surface area (Å²) >= 11 is 0. The average Bonchev–Trinajstić information content (AvgIpc) is 2.89. The van der Waals surface area contributed by atoms with E-state index < -0.39 is 5.60 Å². The number of benzene rings is 1. The molecule has 6 heteroatoms. The third-order valence-electron chi connectivity index (χ3n) is 5.14. The molecule has 1 atom stereocenters. The smallest absolute Gasteiger partial charge is 0.224 e. The number of rotatable bonds is 5. The van der Waals surface area contributed by atoms with E-state index in [-0.39, 0.29) is 12.3 Å². The van der Waals surface area contributed by atoms with Gasteiger partial charge in [-0.05, 0) is 31.5 Å². The monoisotopic (exact) mass is 344 g/mol. The van der Waals surface area contributed by atoms with Gasteiger partial charge in [-0.2, -0.15) is 0 Å². The van der Waals surface area contributed by atoms with Crippen LogP contribution in [0.15, 0.2) is 24.3 Å². The van der Waals surface area contributed by atoms with Crippen molar-refractivity contribution in [1.82, 2.24) is 19.4 Å². The first-order chi connectivity index (χ1) is 11.9. The molecular weight excluding hydrogens is 316 g/mol. The number of carbonyl (C=O) groups excluding carboxylic acids is 1. The van der Waals surface area contributed by atoms with Gasteiger partial charge in [0, 0.05) is 40.7 Å². The topological polar surface area (TPSA) is 61.6 Å². The lowest BCUT2D eigenvalue weighted by Gasteiger charge is -2.39. The number of amides is 1. The Bertz CT molecular complexity index is 755. The van der Waals surface area contributed by atoms with E-state index in [2.05, 4.69) is 15.5 Å². The largest absolute Gasteiger partial charge is 0.388 e. The molecular formula is C19H28N4O2. The standard InChI is InChI=1S/C19H28N4O2/c1-21(2)18(24)13-19(25)10-6-11-23(14-19)12-9-17-20-15-7-4-5-8-16(15)22(17)3/h4-5,7-8,25H,6,9-14H2,1-3H3. The number of β-amino-alcohol motifs (C(OH)–C–C–N with tert-alkyl or cyclic N) is 1. The molecule has 2 heterocycles. The number of aryl methyl sites for hydroxylation is 1. The Kier molecular flexibility index (Phi) is 5.11. The highest BCUT2D eigenvalue weighted by atomic mass is 16.3. The molecule has 1 aromatic heterocycles. The van der Waals surface area contributed by atoms with E-state index in [0.29, 0.717) is 13.0 Å². The SMILES string of the molecule is CN(C)C(=O)CC1(O)CCCN(CCc2nc3ccccc3n2C)C1. The van der Waals surface area contributed by atoms with Crippen molar-refractivity contribution in [2.75, 3.05) is 33.7 Å². The van der Waals surface area contributed by atoms with Crippen molar-refractivity contribution in [3.8, 4) is 0 Å². The van der Waals surface area contributed by atoms with E-state index in [1.807, 2.05) is 25.2 Å². The minimum Gasteiger partial charge on any atom is -0.388 e. The molecule has 1 N–H and O–H groups in total. The van der Waals surface area contributed by atoms with Crippen LogP contribution in [0.3, 0.4) is 0 Å². The van der Waals surface area contributed by atoms with E-state index >= 15 is 0 Å². The van der Waals surface area contributed by atoms with Crippen molar-refractivity contribution < 1.29 is 9.90 Å². The third-order valence-corrected chi connectivity index (χ3v) is 5.14. The zero-order valence-corrected chi connectivity index (χ0v) is 15.4. The second-order valence-corrected chi connectivity index (χ2v) is 7.39. The van der Waals surface area contributed by atoms with Crippen LogP contribution in [0.1, 0.15) is 25.1 Å². The van der Waals surface area contributed by atoms with Crippen LogP contribution >= 0.6 is 0 Å². The van der Waals surface area contributed by atoms with Crippen molar-refractivity contribution in [1.29, 1.82) is 0 Å². The lowest BCUT2D eigenvalue weighted by molar-refractivity contribution is -0.136. The van der Waals surface area contributed by atoms with Gasteiger partial charge < -0.3 is 19.5 Å². The molecule has 1 aliphatic heterocycles. The Morgan fingerprint density at radius 1 is 1.36 bits per heavy atom. The van der Waals surface area contributed by atoms with Gasteiger partial charge in [-0.15, -0.1) is 0 Å². The quantitative estimate of drug-likeness (QED) is 0.891. The number of carbonyl (C=O) groups is 1. The van der Waals surface area contributed by atoms with Crippen LogP contribution in [0, 0.1) is 0 Å². The van der Waals surface area contributed by atoms with Crippen LogP contribution in [0.25, 0.3) is 11.0 Å². The highest BCUT2D eigenvalue weighted by Crippen LogP contribution is 2.25. The highest BCUT2D eigenvalue weighted by molar-refractivity contribution is 5.77. The predicted molar refractivity (Wildman–Crippen MR) is 98.4 cm³/mol. The first kappa shape index (κ1) is 17.9. The summed E-state index contributed by atoms with van der Waals surface area (Å²) in [5.41, 5.74) is 1.25. The van der Waals surface area contributed by atoms with Gasteiger partial charge in [-0.1, -0.05) is 12.1 Å². The van der Waals surface area contributed by atoms with E-state index in [1.165, 1.54) is 0 Å². The molecule has 1 aromatic carbocycles. The molecule has 0 bridgehead atoms. The van der Waals surface area contributed by atoms with Crippen LogP contribution in [-0.2, 0) is 18.3 Å². The number of para-hydroxylation sites is 2. The van der Waals surface area contributed by atoms with Gasteiger partial charge in [0.15, 0.2) is 0 Å². The second-order valence-electron chi connectivity index (χ2n) is 7.39. The molecule has 0 radical (unpaired) electrons. The number of hydrogen-bond donors (Lipinski definition) is 1. The van der Waals surface area contributed by atoms with Gasteiger partial charge in [0.05, 0.1) is 23.1 Å². The molecule has 0 spiro atoms. The lowest BCUT2D eigenvalue weighted by atomic mass is 9.89. The van der Waals surface area contributed by atoms with Gasteiger partial charge in [0.2, 0.25) is 5.91 Å². The molecule has 3 rings (SSSR count). The fourth-order valence-electron chi connectivity index (χ4n) is 3.66. The van der Waals surface area contributed by atoms with Crippen LogP contribution in [0.4, 0.5) is 0 Å². The first-order valence-corrected chi connectivity index (χ1v) is 8.93. The highest BCUT2D eigenvalue weighted by Gasteiger charge is 2.35. The molecule has 0 aliphatic carbocycles. The molecule has 136 valence electrons. The van der Waals surface area contributed by atoms with E-state index in [4.69, 9.17) is 4.98 Å². The van der Waals surface area contributed by atoms with Crippen LogP contribution in [-0.4, -0.2) is 69.7 Å². The predicted octanol–water partition coefficient (Wildman–Crippen LogP) is 1.42. The Morgan fingerprint density at radius 2 is 2.12 bits per heavy atom. The number of likely N-dealkylation sites (tertiary alicyclic amines) is 1. The Morgan fingerprint density at radius 3 is 2.84 bits per heavy atom. The maximum absolute atomic E-state index is 12.0. The van der Waals surface area contributed by atoms with Gasteiger partial charge in [-0.3, -0.25) is 4.79 Å². The Labute approximate surface area is 149 Å². The molecule has 2 aromatic rings. The number of fused-ring (bicyclic) bond motifs is 1. The number of piperidine rings is 1. The molecule has 1 saturated heterocycles. The summed E-state index contributed by atoms with van der Waals surface area (Å²) in [4.78, 5) is 20.5. The number of aliphatic hydroxyl groups is 1. The molecule has 25 heavy (non-hydrogen) atoms. The number of imidazole rings is 1. The van der Waals surface area contributed by atoms with Crippen LogP contribution in [0.2, 0.25) is 0 Å². The maximum Gasteiger partial charge on any atom is 0.224 e. The molecule has 6 nitrogen and oxygen atoms in total. The van der Waals surface area contributed by atoms with Gasteiger partial charge in [-0.25, -0.2) is 4.98 Å². The van der Waals surface area contributed by atoms with E-state index in [9.17, 15) is 9.90 Å². The second kappa shape index (κ2) is 7.14. The van der Waals surface area contributed by atoms with E-state index in [0.717, 1.165) is 42.8 Å². The fraction of sp³-hybridized carbons (Fsp3) is 0.579. The van der Waals surface area contributed by atoms with Crippen LogP contribution < -0.4 is 0 Å². The summed E-state index contributed by atoms with van der Waals surface area (Å²) in [7, 11) is 5.52. The minimum atomic E-state index is -0.911. The van der Waals surface area contributed by atoms with Crippen molar-refractivity contribution in [3.05, 3.63) is 30.1 Å². The summed E-state index contributed by atoms with van der Waals surface area (Å²) in [6.07, 6.45) is 2.64. The summed E-state index contributed by atoms with van der Waals surface area (Å²) in [5.74, 6) is 1.04. The lowest BCUT2D eigenvalue weighted by Crippen LogP contribution is -2.50. The summed E-state index contributed by atoms with van der Waals surface area (Å²) < 4.78 is 2.14.